The highest BCUT2D eigenvalue weighted by atomic mass is 127. The molecule has 0 radical (unpaired) electrons. The van der Waals surface area contributed by atoms with E-state index in [1.807, 2.05) is 22.9 Å². The van der Waals surface area contributed by atoms with E-state index in [0.29, 0.717) is 16.1 Å². The molecular formula is C19H16ClIN4OS. The Kier molecular flexibility index (Phi) is 4.29. The van der Waals surface area contributed by atoms with E-state index in [0.717, 1.165) is 38.4 Å². The normalized spacial score (nSPS) is 15.4. The minimum atomic E-state index is -0.103. The van der Waals surface area contributed by atoms with Crippen LogP contribution in [0, 0.1) is 3.57 Å². The SMILES string of the molecule is CC(=O)Nc1nc2c(s1)-c1c(c(C3CC3)nn1-c1ccc(I)cc1Cl)CC2. The van der Waals surface area contributed by atoms with Gasteiger partial charge in [0.1, 0.15) is 0 Å². The monoisotopic (exact) mass is 510 g/mol. The molecule has 3 aromatic rings. The number of amides is 1. The van der Waals surface area contributed by atoms with Crippen LogP contribution in [0.2, 0.25) is 5.02 Å². The lowest BCUT2D eigenvalue weighted by atomic mass is 9.96. The van der Waals surface area contributed by atoms with Gasteiger partial charge in [-0.15, -0.1) is 0 Å². The number of hydrogen-bond donors (Lipinski definition) is 1. The summed E-state index contributed by atoms with van der Waals surface area (Å²) in [7, 11) is 0. The predicted molar refractivity (Wildman–Crippen MR) is 116 cm³/mol. The molecule has 2 aliphatic carbocycles. The van der Waals surface area contributed by atoms with Crippen molar-refractivity contribution in [1.29, 1.82) is 0 Å². The van der Waals surface area contributed by atoms with Crippen LogP contribution in [-0.4, -0.2) is 20.7 Å². The number of nitrogens with one attached hydrogen (secondary N) is 1. The Balaban J connectivity index is 1.72. The Morgan fingerprint density at radius 2 is 2.19 bits per heavy atom. The van der Waals surface area contributed by atoms with Crippen molar-refractivity contribution >= 4 is 56.6 Å². The van der Waals surface area contributed by atoms with Crippen LogP contribution in [0.4, 0.5) is 5.13 Å². The second-order valence-electron chi connectivity index (χ2n) is 6.97. The van der Waals surface area contributed by atoms with E-state index in [1.165, 1.54) is 42.4 Å². The topological polar surface area (TPSA) is 59.8 Å². The maximum absolute atomic E-state index is 11.5. The lowest BCUT2D eigenvalue weighted by Crippen LogP contribution is -2.07. The first-order chi connectivity index (χ1) is 13.0. The average molecular weight is 511 g/mol. The standard InChI is InChI=1S/C19H16ClIN4OS/c1-9(26)22-19-23-14-6-5-12-16(10-2-3-10)24-25(17(12)18(14)27-19)15-7-4-11(21)8-13(15)20/h4,7-8,10H,2-3,5-6H2,1H3,(H,22,23,26). The van der Waals surface area contributed by atoms with Gasteiger partial charge in [-0.05, 0) is 66.5 Å². The smallest absolute Gasteiger partial charge is 0.223 e. The number of rotatable bonds is 3. The first-order valence-corrected chi connectivity index (χ1v) is 11.1. The molecule has 27 heavy (non-hydrogen) atoms. The summed E-state index contributed by atoms with van der Waals surface area (Å²) in [6.07, 6.45) is 4.22. The summed E-state index contributed by atoms with van der Waals surface area (Å²) in [4.78, 5) is 17.2. The van der Waals surface area contributed by atoms with Crippen LogP contribution >= 0.6 is 45.5 Å². The Labute approximate surface area is 179 Å². The molecule has 8 heteroatoms. The van der Waals surface area contributed by atoms with Gasteiger partial charge in [0.25, 0.3) is 0 Å². The Bertz CT molecular complexity index is 1090. The van der Waals surface area contributed by atoms with Gasteiger partial charge in [-0.1, -0.05) is 22.9 Å². The zero-order chi connectivity index (χ0) is 18.7. The lowest BCUT2D eigenvalue weighted by Gasteiger charge is -2.15. The first kappa shape index (κ1) is 17.6. The molecule has 2 heterocycles. The van der Waals surface area contributed by atoms with Gasteiger partial charge in [0.05, 0.1) is 32.7 Å². The van der Waals surface area contributed by atoms with E-state index >= 15 is 0 Å². The molecule has 1 fully saturated rings. The van der Waals surface area contributed by atoms with E-state index in [9.17, 15) is 4.79 Å². The van der Waals surface area contributed by atoms with Gasteiger partial charge >= 0.3 is 0 Å². The molecule has 0 unspecified atom stereocenters. The van der Waals surface area contributed by atoms with Crippen molar-refractivity contribution in [2.24, 2.45) is 0 Å². The van der Waals surface area contributed by atoms with E-state index in [-0.39, 0.29) is 5.91 Å². The summed E-state index contributed by atoms with van der Waals surface area (Å²) in [5.74, 6) is 0.459. The van der Waals surface area contributed by atoms with Crippen LogP contribution in [0.15, 0.2) is 18.2 Å². The highest BCUT2D eigenvalue weighted by Gasteiger charge is 2.36. The Morgan fingerprint density at radius 3 is 2.89 bits per heavy atom. The third kappa shape index (κ3) is 3.09. The van der Waals surface area contributed by atoms with Crippen molar-refractivity contribution in [2.75, 3.05) is 5.32 Å². The number of carbonyl (C=O) groups is 1. The van der Waals surface area contributed by atoms with Crippen LogP contribution in [0.3, 0.4) is 0 Å². The summed E-state index contributed by atoms with van der Waals surface area (Å²) in [6.45, 7) is 1.51. The summed E-state index contributed by atoms with van der Waals surface area (Å²) in [5.41, 5.74) is 5.54. The molecule has 5 nitrogen and oxygen atoms in total. The number of aryl methyl sites for hydroxylation is 1. The molecule has 2 aliphatic rings. The number of fused-ring (bicyclic) bond motifs is 3. The summed E-state index contributed by atoms with van der Waals surface area (Å²) in [6, 6.07) is 6.03. The van der Waals surface area contributed by atoms with Crippen molar-refractivity contribution < 1.29 is 4.79 Å². The first-order valence-electron chi connectivity index (χ1n) is 8.86. The lowest BCUT2D eigenvalue weighted by molar-refractivity contribution is -0.114. The fourth-order valence-electron chi connectivity index (χ4n) is 3.61. The van der Waals surface area contributed by atoms with Crippen LogP contribution in [-0.2, 0) is 17.6 Å². The summed E-state index contributed by atoms with van der Waals surface area (Å²) < 4.78 is 3.09. The molecule has 2 aromatic heterocycles. The molecule has 0 aliphatic heterocycles. The zero-order valence-corrected chi connectivity index (χ0v) is 18.3. The number of carbonyl (C=O) groups excluding carboxylic acids is 1. The van der Waals surface area contributed by atoms with E-state index in [4.69, 9.17) is 16.7 Å². The number of benzene rings is 1. The van der Waals surface area contributed by atoms with E-state index in [1.54, 1.807) is 0 Å². The minimum absolute atomic E-state index is 0.103. The van der Waals surface area contributed by atoms with E-state index < -0.39 is 0 Å². The highest BCUT2D eigenvalue weighted by molar-refractivity contribution is 14.1. The van der Waals surface area contributed by atoms with Gasteiger partial charge in [0.15, 0.2) is 5.13 Å². The fourth-order valence-corrected chi connectivity index (χ4v) is 5.66. The summed E-state index contributed by atoms with van der Waals surface area (Å²) in [5, 5.41) is 9.17. The molecule has 1 aromatic carbocycles. The van der Waals surface area contributed by atoms with Gasteiger partial charge in [-0.25, -0.2) is 9.67 Å². The van der Waals surface area contributed by atoms with Gasteiger partial charge in [-0.2, -0.15) is 5.10 Å². The molecule has 0 atom stereocenters. The molecule has 1 saturated carbocycles. The highest BCUT2D eigenvalue weighted by Crippen LogP contribution is 2.48. The minimum Gasteiger partial charge on any atom is -0.302 e. The van der Waals surface area contributed by atoms with Crippen molar-refractivity contribution in [3.05, 3.63) is 43.7 Å². The van der Waals surface area contributed by atoms with Crippen LogP contribution in [0.1, 0.15) is 42.6 Å². The van der Waals surface area contributed by atoms with Gasteiger partial charge < -0.3 is 5.32 Å². The fraction of sp³-hybridized carbons (Fsp3) is 0.316. The molecule has 0 bridgehead atoms. The Hall–Kier alpha value is -1.45. The maximum Gasteiger partial charge on any atom is 0.223 e. The number of thiazole rings is 1. The number of nitrogens with zero attached hydrogens (tertiary/aromatic N) is 3. The van der Waals surface area contributed by atoms with Crippen LogP contribution in [0.5, 0.6) is 0 Å². The molecule has 1 amide bonds. The molecule has 0 saturated heterocycles. The molecule has 0 spiro atoms. The third-order valence-corrected chi connectivity index (χ3v) is 6.92. The van der Waals surface area contributed by atoms with Gasteiger partial charge in [0, 0.05) is 22.0 Å². The number of aromatic nitrogens is 3. The maximum atomic E-state index is 11.5. The van der Waals surface area contributed by atoms with Crippen molar-refractivity contribution in [1.82, 2.24) is 14.8 Å². The largest absolute Gasteiger partial charge is 0.302 e. The number of hydrogen-bond acceptors (Lipinski definition) is 4. The molecule has 138 valence electrons. The average Bonchev–Trinajstić information content (AvgIpc) is 3.25. The van der Waals surface area contributed by atoms with Crippen LogP contribution < -0.4 is 5.32 Å². The van der Waals surface area contributed by atoms with Crippen molar-refractivity contribution in [3.8, 4) is 16.3 Å². The molecule has 1 N–H and O–H groups in total. The van der Waals surface area contributed by atoms with Crippen molar-refractivity contribution in [3.63, 3.8) is 0 Å². The molecular weight excluding hydrogens is 495 g/mol. The summed E-state index contributed by atoms with van der Waals surface area (Å²) >= 11 is 10.4. The van der Waals surface area contributed by atoms with Crippen LogP contribution in [0.25, 0.3) is 16.3 Å². The predicted octanol–water partition coefficient (Wildman–Crippen LogP) is 5.19. The number of halogens is 2. The number of anilines is 1. The van der Waals surface area contributed by atoms with E-state index in [2.05, 4.69) is 32.9 Å². The Morgan fingerprint density at radius 1 is 1.37 bits per heavy atom. The third-order valence-electron chi connectivity index (χ3n) is 4.92. The van der Waals surface area contributed by atoms with Gasteiger partial charge in [0.2, 0.25) is 5.91 Å². The van der Waals surface area contributed by atoms with Crippen molar-refractivity contribution in [2.45, 2.75) is 38.5 Å². The zero-order valence-electron chi connectivity index (χ0n) is 14.6. The second-order valence-corrected chi connectivity index (χ2v) is 9.62. The second kappa shape index (κ2) is 6.56. The molecule has 5 rings (SSSR count). The van der Waals surface area contributed by atoms with Gasteiger partial charge in [-0.3, -0.25) is 4.79 Å². The quantitative estimate of drug-likeness (QED) is 0.494.